The van der Waals surface area contributed by atoms with Gasteiger partial charge in [0.2, 0.25) is 5.91 Å². The smallest absolute Gasteiger partial charge is 0.242 e. The first-order valence-electron chi connectivity index (χ1n) is 6.92. The summed E-state index contributed by atoms with van der Waals surface area (Å²) >= 11 is 0. The molecule has 1 N–H and O–H groups in total. The molecule has 5 heteroatoms. The second kappa shape index (κ2) is 5.44. The van der Waals surface area contributed by atoms with Gasteiger partial charge in [-0.1, -0.05) is 25.1 Å². The van der Waals surface area contributed by atoms with Crippen LogP contribution in [0.15, 0.2) is 52.2 Å². The number of phenolic OH excluding ortho intramolecular Hbond substituents is 1. The maximum absolute atomic E-state index is 12.1. The number of hydrogen-bond donors (Lipinski definition) is 1. The molecule has 1 atom stereocenters. The summed E-state index contributed by atoms with van der Waals surface area (Å²) in [4.78, 5) is 12.1. The van der Waals surface area contributed by atoms with Crippen LogP contribution in [0.2, 0.25) is 0 Å². The molecule has 1 amide bonds. The number of amides is 1. The summed E-state index contributed by atoms with van der Waals surface area (Å²) in [6.07, 6.45) is 2.47. The zero-order chi connectivity index (χ0) is 14.8. The van der Waals surface area contributed by atoms with Gasteiger partial charge < -0.3 is 9.52 Å². The minimum atomic E-state index is -0.293. The fraction of sp³-hybridized carbons (Fsp3) is 0.250. The van der Waals surface area contributed by atoms with E-state index in [1.54, 1.807) is 31.4 Å². The van der Waals surface area contributed by atoms with Crippen molar-refractivity contribution >= 4 is 11.6 Å². The molecule has 1 aromatic carbocycles. The highest BCUT2D eigenvalue weighted by Gasteiger charge is 2.34. The number of carbonyl (C=O) groups is 1. The molecule has 0 aliphatic carbocycles. The van der Waals surface area contributed by atoms with E-state index in [0.717, 1.165) is 5.71 Å². The molecule has 0 saturated heterocycles. The second-order valence-electron chi connectivity index (χ2n) is 4.89. The highest BCUT2D eigenvalue weighted by molar-refractivity contribution is 6.01. The van der Waals surface area contributed by atoms with Crippen molar-refractivity contribution < 1.29 is 14.3 Å². The van der Waals surface area contributed by atoms with Gasteiger partial charge >= 0.3 is 0 Å². The third kappa shape index (κ3) is 2.42. The lowest BCUT2D eigenvalue weighted by Crippen LogP contribution is -2.26. The zero-order valence-corrected chi connectivity index (χ0v) is 11.7. The Morgan fingerprint density at radius 2 is 2.19 bits per heavy atom. The molecule has 0 fully saturated rings. The summed E-state index contributed by atoms with van der Waals surface area (Å²) in [6, 6.07) is 10.4. The fourth-order valence-electron chi connectivity index (χ4n) is 2.51. The Morgan fingerprint density at radius 3 is 2.86 bits per heavy atom. The van der Waals surface area contributed by atoms with Crippen LogP contribution < -0.4 is 0 Å². The molecule has 3 rings (SSSR count). The van der Waals surface area contributed by atoms with Crippen LogP contribution in [0.25, 0.3) is 0 Å². The van der Waals surface area contributed by atoms with E-state index in [1.807, 2.05) is 18.2 Å². The highest BCUT2D eigenvalue weighted by Crippen LogP contribution is 2.37. The number of nitrogens with zero attached hydrogens (tertiary/aromatic N) is 2. The molecule has 0 saturated carbocycles. The number of rotatable bonds is 3. The first-order valence-corrected chi connectivity index (χ1v) is 6.92. The predicted octanol–water partition coefficient (Wildman–Crippen LogP) is 3.07. The summed E-state index contributed by atoms with van der Waals surface area (Å²) in [5, 5.41) is 15.9. The first-order chi connectivity index (χ1) is 10.2. The number of benzene rings is 1. The lowest BCUT2D eigenvalue weighted by atomic mass is 10.00. The molecule has 1 aliphatic rings. The third-order valence-electron chi connectivity index (χ3n) is 3.57. The molecular weight excluding hydrogens is 268 g/mol. The summed E-state index contributed by atoms with van der Waals surface area (Å²) in [5.74, 6) is 0.749. The molecule has 1 aliphatic heterocycles. The largest absolute Gasteiger partial charge is 0.508 e. The van der Waals surface area contributed by atoms with Gasteiger partial charge in [0, 0.05) is 18.4 Å². The molecule has 0 radical (unpaired) electrons. The van der Waals surface area contributed by atoms with Gasteiger partial charge in [-0.2, -0.15) is 5.10 Å². The second-order valence-corrected chi connectivity index (χ2v) is 4.89. The van der Waals surface area contributed by atoms with Crippen LogP contribution in [-0.2, 0) is 4.79 Å². The Hall–Kier alpha value is -2.56. The van der Waals surface area contributed by atoms with Gasteiger partial charge in [0.05, 0.1) is 12.3 Å². The minimum Gasteiger partial charge on any atom is -0.508 e. The van der Waals surface area contributed by atoms with Crippen molar-refractivity contribution in [2.75, 3.05) is 0 Å². The Balaban J connectivity index is 1.98. The number of carbonyl (C=O) groups excluding carboxylic acids is 1. The standard InChI is InChI=1S/C16H16N2O3/c1-2-16(20)18-13(11-6-3-4-7-14(11)19)10-12(17-18)15-8-5-9-21-15/h3-9,13,19H,2,10H2,1H3/t13-/m1/s1. The maximum atomic E-state index is 12.1. The van der Waals surface area contributed by atoms with Crippen molar-refractivity contribution in [3.8, 4) is 5.75 Å². The molecular formula is C16H16N2O3. The molecule has 5 nitrogen and oxygen atoms in total. The Kier molecular flexibility index (Phi) is 3.48. The van der Waals surface area contributed by atoms with Gasteiger partial charge in [0.1, 0.15) is 17.2 Å². The van der Waals surface area contributed by atoms with Gasteiger partial charge in [-0.25, -0.2) is 5.01 Å². The van der Waals surface area contributed by atoms with E-state index in [0.29, 0.717) is 24.2 Å². The summed E-state index contributed by atoms with van der Waals surface area (Å²) in [5.41, 5.74) is 1.42. The van der Waals surface area contributed by atoms with E-state index in [9.17, 15) is 9.90 Å². The van der Waals surface area contributed by atoms with Gasteiger partial charge in [-0.15, -0.1) is 0 Å². The molecule has 0 unspecified atom stereocenters. The number of furan rings is 1. The van der Waals surface area contributed by atoms with E-state index in [4.69, 9.17) is 4.42 Å². The van der Waals surface area contributed by atoms with Crippen LogP contribution in [0.4, 0.5) is 0 Å². The minimum absolute atomic E-state index is 0.0789. The van der Waals surface area contributed by atoms with E-state index < -0.39 is 0 Å². The third-order valence-corrected chi connectivity index (χ3v) is 3.57. The number of para-hydroxylation sites is 1. The average molecular weight is 284 g/mol. The van der Waals surface area contributed by atoms with Crippen molar-refractivity contribution in [1.82, 2.24) is 5.01 Å². The monoisotopic (exact) mass is 284 g/mol. The average Bonchev–Trinajstić information content (AvgIpc) is 3.16. The number of aromatic hydroxyl groups is 1. The molecule has 0 bridgehead atoms. The SMILES string of the molecule is CCC(=O)N1N=C(c2ccco2)C[C@@H]1c1ccccc1O. The van der Waals surface area contributed by atoms with E-state index in [2.05, 4.69) is 5.10 Å². The first kappa shape index (κ1) is 13.4. The summed E-state index contributed by atoms with van der Waals surface area (Å²) in [6.45, 7) is 1.80. The van der Waals surface area contributed by atoms with Gasteiger partial charge in [-0.05, 0) is 18.2 Å². The van der Waals surface area contributed by atoms with Crippen LogP contribution >= 0.6 is 0 Å². The number of hydrogen-bond acceptors (Lipinski definition) is 4. The lowest BCUT2D eigenvalue weighted by molar-refractivity contribution is -0.132. The summed E-state index contributed by atoms with van der Waals surface area (Å²) in [7, 11) is 0. The van der Waals surface area contributed by atoms with Crippen LogP contribution in [0.5, 0.6) is 5.75 Å². The van der Waals surface area contributed by atoms with Crippen molar-refractivity contribution in [3.63, 3.8) is 0 Å². The van der Waals surface area contributed by atoms with Crippen molar-refractivity contribution in [2.24, 2.45) is 5.10 Å². The zero-order valence-electron chi connectivity index (χ0n) is 11.7. The van der Waals surface area contributed by atoms with Crippen molar-refractivity contribution in [1.29, 1.82) is 0 Å². The van der Waals surface area contributed by atoms with Crippen LogP contribution in [0.3, 0.4) is 0 Å². The normalized spacial score (nSPS) is 17.9. The number of phenols is 1. The van der Waals surface area contributed by atoms with Gasteiger partial charge in [-0.3, -0.25) is 4.79 Å². The van der Waals surface area contributed by atoms with E-state index >= 15 is 0 Å². The van der Waals surface area contributed by atoms with Crippen LogP contribution in [0.1, 0.15) is 37.1 Å². The van der Waals surface area contributed by atoms with Crippen molar-refractivity contribution in [2.45, 2.75) is 25.8 Å². The molecule has 0 spiro atoms. The highest BCUT2D eigenvalue weighted by atomic mass is 16.3. The van der Waals surface area contributed by atoms with E-state index in [-0.39, 0.29) is 17.7 Å². The molecule has 2 heterocycles. The topological polar surface area (TPSA) is 66.0 Å². The Labute approximate surface area is 122 Å². The van der Waals surface area contributed by atoms with Crippen LogP contribution in [-0.4, -0.2) is 21.7 Å². The predicted molar refractivity (Wildman–Crippen MR) is 77.8 cm³/mol. The Morgan fingerprint density at radius 1 is 1.38 bits per heavy atom. The summed E-state index contributed by atoms with van der Waals surface area (Å²) < 4.78 is 5.36. The van der Waals surface area contributed by atoms with Gasteiger partial charge in [0.15, 0.2) is 0 Å². The fourth-order valence-corrected chi connectivity index (χ4v) is 2.51. The van der Waals surface area contributed by atoms with Crippen LogP contribution in [0, 0.1) is 0 Å². The van der Waals surface area contributed by atoms with Crippen molar-refractivity contribution in [3.05, 3.63) is 54.0 Å². The molecule has 21 heavy (non-hydrogen) atoms. The molecule has 1 aromatic heterocycles. The lowest BCUT2D eigenvalue weighted by Gasteiger charge is -2.22. The molecule has 108 valence electrons. The Bertz CT molecular complexity index is 677. The molecule has 2 aromatic rings. The number of hydrazone groups is 1. The van der Waals surface area contributed by atoms with Gasteiger partial charge in [0.25, 0.3) is 0 Å². The van der Waals surface area contributed by atoms with E-state index in [1.165, 1.54) is 5.01 Å². The quantitative estimate of drug-likeness (QED) is 0.942. The maximum Gasteiger partial charge on any atom is 0.242 e.